The summed E-state index contributed by atoms with van der Waals surface area (Å²) >= 11 is 3.66. The summed E-state index contributed by atoms with van der Waals surface area (Å²) in [7, 11) is 0. The molecule has 0 saturated carbocycles. The van der Waals surface area contributed by atoms with Crippen molar-refractivity contribution in [2.45, 2.75) is 58.5 Å². The van der Waals surface area contributed by atoms with Crippen LogP contribution in [-0.2, 0) is 35.5 Å². The Kier molecular flexibility index (Phi) is 7.12. The van der Waals surface area contributed by atoms with Gasteiger partial charge in [-0.2, -0.15) is 0 Å². The molecule has 3 heterocycles. The Morgan fingerprint density at radius 1 is 1.00 bits per heavy atom. The van der Waals surface area contributed by atoms with Gasteiger partial charge in [-0.25, -0.2) is 4.79 Å². The van der Waals surface area contributed by atoms with Crippen molar-refractivity contribution in [3.63, 3.8) is 0 Å². The summed E-state index contributed by atoms with van der Waals surface area (Å²) in [4.78, 5) is 32.8. The van der Waals surface area contributed by atoms with Crippen LogP contribution in [0.3, 0.4) is 0 Å². The van der Waals surface area contributed by atoms with E-state index in [-0.39, 0.29) is 18.0 Å². The van der Waals surface area contributed by atoms with Crippen molar-refractivity contribution in [3.05, 3.63) is 68.7 Å². The Labute approximate surface area is 221 Å². The normalized spacial score (nSPS) is 20.2. The molecule has 2 amide bonds. The van der Waals surface area contributed by atoms with Crippen molar-refractivity contribution in [3.8, 4) is 0 Å². The molecule has 0 spiro atoms. The fourth-order valence-corrected chi connectivity index (χ4v) is 5.83. The average Bonchev–Trinajstić information content (AvgIpc) is 3.25. The van der Waals surface area contributed by atoms with Gasteiger partial charge in [0.15, 0.2) is 0 Å². The Morgan fingerprint density at radius 3 is 2.36 bits per heavy atom. The van der Waals surface area contributed by atoms with E-state index in [1.165, 1.54) is 11.1 Å². The van der Waals surface area contributed by atoms with Crippen molar-refractivity contribution in [2.75, 3.05) is 32.8 Å². The summed E-state index contributed by atoms with van der Waals surface area (Å²) in [5, 5.41) is 0. The van der Waals surface area contributed by atoms with Crippen LogP contribution >= 0.6 is 15.9 Å². The minimum atomic E-state index is -0.548. The van der Waals surface area contributed by atoms with Gasteiger partial charge >= 0.3 is 6.09 Å². The van der Waals surface area contributed by atoms with Gasteiger partial charge < -0.3 is 14.4 Å². The van der Waals surface area contributed by atoms with Crippen LogP contribution in [-0.4, -0.2) is 71.2 Å². The highest BCUT2D eigenvalue weighted by Crippen LogP contribution is 2.33. The summed E-state index contributed by atoms with van der Waals surface area (Å²) in [6, 6.07) is 12.5. The number of rotatable bonds is 3. The molecule has 2 aromatic carbocycles. The summed E-state index contributed by atoms with van der Waals surface area (Å²) in [5.74, 6) is 0.0214. The molecule has 5 rings (SSSR count). The summed E-state index contributed by atoms with van der Waals surface area (Å²) in [5.41, 5.74) is 4.66. The van der Waals surface area contributed by atoms with Crippen molar-refractivity contribution in [2.24, 2.45) is 0 Å². The SMILES string of the molecule is CC(C)(C)OC(=O)N1Cc2cc(Br)c(C(=O)N3Cc4ccccc4C[C@H]3CN3CCOCC3)cc2C1. The lowest BCUT2D eigenvalue weighted by atomic mass is 9.92. The molecule has 1 saturated heterocycles. The van der Waals surface area contributed by atoms with E-state index in [4.69, 9.17) is 9.47 Å². The minimum Gasteiger partial charge on any atom is -0.444 e. The van der Waals surface area contributed by atoms with Gasteiger partial charge in [-0.3, -0.25) is 14.6 Å². The number of hydrogen-bond acceptors (Lipinski definition) is 5. The molecule has 0 unspecified atom stereocenters. The first-order valence-electron chi connectivity index (χ1n) is 12.6. The summed E-state index contributed by atoms with van der Waals surface area (Å²) in [6.45, 7) is 11.2. The van der Waals surface area contributed by atoms with Crippen molar-refractivity contribution in [1.29, 1.82) is 0 Å². The molecule has 0 aromatic heterocycles. The minimum absolute atomic E-state index is 0.0214. The molecule has 3 aliphatic rings. The van der Waals surface area contributed by atoms with E-state index in [0.29, 0.717) is 25.2 Å². The topological polar surface area (TPSA) is 62.3 Å². The predicted octanol–water partition coefficient (Wildman–Crippen LogP) is 4.60. The molecular weight excluding hydrogens is 522 g/mol. The molecule has 1 atom stereocenters. The van der Waals surface area contributed by atoms with Gasteiger partial charge in [0, 0.05) is 49.8 Å². The standard InChI is InChI=1S/C28H34BrN3O4/c1-28(2,3)36-27(34)31-15-21-13-24(25(29)14-22(21)16-31)26(33)32-17-20-7-5-4-6-19(20)12-23(32)18-30-8-10-35-11-9-30/h4-7,13-14,23H,8-12,15-18H2,1-3H3/t23-/m0/s1. The highest BCUT2D eigenvalue weighted by Gasteiger charge is 2.34. The molecule has 0 aliphatic carbocycles. The van der Waals surface area contributed by atoms with Crippen LogP contribution in [0.2, 0.25) is 0 Å². The number of amides is 2. The third-order valence-electron chi connectivity index (χ3n) is 7.08. The lowest BCUT2D eigenvalue weighted by Gasteiger charge is -2.40. The fraction of sp³-hybridized carbons (Fsp3) is 0.500. The van der Waals surface area contributed by atoms with E-state index in [9.17, 15) is 9.59 Å². The van der Waals surface area contributed by atoms with Gasteiger partial charge in [0.25, 0.3) is 5.91 Å². The lowest BCUT2D eigenvalue weighted by Crippen LogP contribution is -2.52. The third-order valence-corrected chi connectivity index (χ3v) is 7.74. The fourth-order valence-electron chi connectivity index (χ4n) is 5.27. The van der Waals surface area contributed by atoms with Crippen molar-refractivity contribution >= 4 is 27.9 Å². The Bertz CT molecular complexity index is 1160. The van der Waals surface area contributed by atoms with Crippen LogP contribution in [0.5, 0.6) is 0 Å². The highest BCUT2D eigenvalue weighted by molar-refractivity contribution is 9.10. The van der Waals surface area contributed by atoms with Gasteiger partial charge in [-0.05, 0) is 77.5 Å². The van der Waals surface area contributed by atoms with E-state index in [2.05, 4.69) is 39.0 Å². The molecule has 1 fully saturated rings. The molecule has 0 N–H and O–H groups in total. The molecule has 7 nitrogen and oxygen atoms in total. The van der Waals surface area contributed by atoms with Gasteiger partial charge in [-0.1, -0.05) is 24.3 Å². The van der Waals surface area contributed by atoms with E-state index in [1.807, 2.05) is 43.9 Å². The Hall–Kier alpha value is -2.42. The number of benzene rings is 2. The van der Waals surface area contributed by atoms with E-state index < -0.39 is 5.60 Å². The number of halogens is 1. The van der Waals surface area contributed by atoms with Crippen LogP contribution in [0, 0.1) is 0 Å². The van der Waals surface area contributed by atoms with Gasteiger partial charge in [0.05, 0.1) is 18.8 Å². The first kappa shape index (κ1) is 25.2. The average molecular weight is 557 g/mol. The number of morpholine rings is 1. The van der Waals surface area contributed by atoms with Crippen molar-refractivity contribution in [1.82, 2.24) is 14.7 Å². The first-order chi connectivity index (χ1) is 17.2. The summed E-state index contributed by atoms with van der Waals surface area (Å²) in [6.07, 6.45) is 0.509. The van der Waals surface area contributed by atoms with Crippen LogP contribution < -0.4 is 0 Å². The zero-order valence-corrected chi connectivity index (χ0v) is 22.8. The van der Waals surface area contributed by atoms with Crippen LogP contribution in [0.4, 0.5) is 4.79 Å². The van der Waals surface area contributed by atoms with Gasteiger partial charge in [0.2, 0.25) is 0 Å². The largest absolute Gasteiger partial charge is 0.444 e. The van der Waals surface area contributed by atoms with E-state index in [0.717, 1.165) is 54.9 Å². The molecular formula is C28H34BrN3O4. The predicted molar refractivity (Wildman–Crippen MR) is 141 cm³/mol. The van der Waals surface area contributed by atoms with Crippen LogP contribution in [0.25, 0.3) is 0 Å². The van der Waals surface area contributed by atoms with E-state index >= 15 is 0 Å². The number of carbonyl (C=O) groups is 2. The lowest BCUT2D eigenvalue weighted by molar-refractivity contribution is 0.0192. The maximum atomic E-state index is 14.0. The third kappa shape index (κ3) is 5.45. The second-order valence-electron chi connectivity index (χ2n) is 10.9. The molecule has 0 bridgehead atoms. The first-order valence-corrected chi connectivity index (χ1v) is 13.4. The van der Waals surface area contributed by atoms with Crippen LogP contribution in [0.1, 0.15) is 53.4 Å². The Balaban J connectivity index is 1.39. The van der Waals surface area contributed by atoms with E-state index in [1.54, 1.807) is 4.90 Å². The highest BCUT2D eigenvalue weighted by atomic mass is 79.9. The molecule has 36 heavy (non-hydrogen) atoms. The van der Waals surface area contributed by atoms with Gasteiger partial charge in [0.1, 0.15) is 5.60 Å². The smallest absolute Gasteiger partial charge is 0.410 e. The van der Waals surface area contributed by atoms with Crippen molar-refractivity contribution < 1.29 is 19.1 Å². The molecule has 0 radical (unpaired) electrons. The maximum absolute atomic E-state index is 14.0. The molecule has 3 aliphatic heterocycles. The van der Waals surface area contributed by atoms with Crippen LogP contribution in [0.15, 0.2) is 40.9 Å². The second-order valence-corrected chi connectivity index (χ2v) is 11.8. The zero-order chi connectivity index (χ0) is 25.4. The summed E-state index contributed by atoms with van der Waals surface area (Å²) < 4.78 is 11.9. The number of nitrogens with zero attached hydrogens (tertiary/aromatic N) is 3. The van der Waals surface area contributed by atoms with Gasteiger partial charge in [-0.15, -0.1) is 0 Å². The Morgan fingerprint density at radius 2 is 1.67 bits per heavy atom. The quantitative estimate of drug-likeness (QED) is 0.553. The number of ether oxygens (including phenoxy) is 2. The number of carbonyl (C=O) groups excluding carboxylic acids is 2. The monoisotopic (exact) mass is 555 g/mol. The molecule has 8 heteroatoms. The molecule has 2 aromatic rings. The zero-order valence-electron chi connectivity index (χ0n) is 21.3. The second kappa shape index (κ2) is 10.1. The number of fused-ring (bicyclic) bond motifs is 2. The maximum Gasteiger partial charge on any atom is 0.410 e. The number of hydrogen-bond donors (Lipinski definition) is 0. The molecule has 192 valence electrons.